The van der Waals surface area contributed by atoms with Gasteiger partial charge in [0.15, 0.2) is 0 Å². The summed E-state index contributed by atoms with van der Waals surface area (Å²) in [4.78, 5) is 1.57. The Bertz CT molecular complexity index is 419. The molecule has 1 aromatic carbocycles. The highest BCUT2D eigenvalue weighted by Crippen LogP contribution is 2.14. The summed E-state index contributed by atoms with van der Waals surface area (Å²) in [5.74, 6) is 0.772. The molecule has 3 nitrogen and oxygen atoms in total. The van der Waals surface area contributed by atoms with Crippen molar-refractivity contribution in [2.45, 2.75) is 39.3 Å². The number of nitrogens with zero attached hydrogens (tertiary/aromatic N) is 1. The van der Waals surface area contributed by atoms with Gasteiger partial charge in [-0.2, -0.15) is 0 Å². The van der Waals surface area contributed by atoms with Gasteiger partial charge in [-0.3, -0.25) is 4.90 Å². The van der Waals surface area contributed by atoms with Gasteiger partial charge < -0.3 is 10.1 Å². The molecule has 0 atom stereocenters. The zero-order valence-electron chi connectivity index (χ0n) is 13.3. The van der Waals surface area contributed by atoms with Gasteiger partial charge in [0.1, 0.15) is 12.4 Å². The lowest BCUT2D eigenvalue weighted by molar-refractivity contribution is 0.0935. The fourth-order valence-corrected chi connectivity index (χ4v) is 1.76. The van der Waals surface area contributed by atoms with Crippen molar-refractivity contribution in [1.29, 1.82) is 0 Å². The molecule has 0 amide bonds. The predicted molar refractivity (Wildman–Crippen MR) is 82.0 cm³/mol. The van der Waals surface area contributed by atoms with Crippen molar-refractivity contribution >= 4 is 0 Å². The standard InChI is InChI=1S/C16H26F2N2O/c1-16(2,3)19-11-13-6-5-7-14(10-13)21-9-8-20(4)12-15(17)18/h5-7,10,15,19H,8-9,11-12H2,1-4H3. The molecule has 0 heterocycles. The molecular weight excluding hydrogens is 274 g/mol. The number of nitrogens with one attached hydrogen (secondary N) is 1. The molecule has 0 aromatic heterocycles. The van der Waals surface area contributed by atoms with Gasteiger partial charge in [0, 0.05) is 18.6 Å². The van der Waals surface area contributed by atoms with E-state index >= 15 is 0 Å². The summed E-state index contributed by atoms with van der Waals surface area (Å²) in [6.45, 7) is 7.78. The van der Waals surface area contributed by atoms with Crippen molar-refractivity contribution < 1.29 is 13.5 Å². The van der Waals surface area contributed by atoms with Crippen LogP contribution < -0.4 is 10.1 Å². The molecule has 120 valence electrons. The van der Waals surface area contributed by atoms with Gasteiger partial charge in [-0.1, -0.05) is 12.1 Å². The van der Waals surface area contributed by atoms with Crippen LogP contribution >= 0.6 is 0 Å². The molecule has 0 aliphatic heterocycles. The van der Waals surface area contributed by atoms with Crippen LogP contribution in [-0.2, 0) is 6.54 Å². The first-order valence-electron chi connectivity index (χ1n) is 7.20. The van der Waals surface area contributed by atoms with Crippen LogP contribution in [0.25, 0.3) is 0 Å². The first-order valence-corrected chi connectivity index (χ1v) is 7.20. The molecule has 1 aromatic rings. The molecule has 0 bridgehead atoms. The lowest BCUT2D eigenvalue weighted by Crippen LogP contribution is -2.35. The first-order chi connectivity index (χ1) is 9.76. The van der Waals surface area contributed by atoms with Crippen LogP contribution in [0.3, 0.4) is 0 Å². The minimum absolute atomic E-state index is 0.0643. The third-order valence-corrected chi connectivity index (χ3v) is 2.91. The Balaban J connectivity index is 2.39. The Kier molecular flexibility index (Phi) is 7.05. The quantitative estimate of drug-likeness (QED) is 0.798. The normalized spacial score (nSPS) is 12.2. The Hall–Kier alpha value is -1.20. The SMILES string of the molecule is CN(CCOc1cccc(CNC(C)(C)C)c1)CC(F)F. The van der Waals surface area contributed by atoms with Gasteiger partial charge >= 0.3 is 0 Å². The second kappa shape index (κ2) is 8.29. The predicted octanol–water partition coefficient (Wildman–Crippen LogP) is 3.15. The average molecular weight is 300 g/mol. The van der Waals surface area contributed by atoms with Gasteiger partial charge in [0.2, 0.25) is 0 Å². The van der Waals surface area contributed by atoms with Gasteiger partial charge in [-0.15, -0.1) is 0 Å². The highest BCUT2D eigenvalue weighted by Gasteiger charge is 2.09. The fourth-order valence-electron chi connectivity index (χ4n) is 1.76. The van der Waals surface area contributed by atoms with Crippen LogP contribution in [0.2, 0.25) is 0 Å². The molecular formula is C16H26F2N2O. The number of rotatable bonds is 8. The maximum Gasteiger partial charge on any atom is 0.251 e. The number of halogens is 2. The van der Waals surface area contributed by atoms with E-state index in [4.69, 9.17) is 4.74 Å². The topological polar surface area (TPSA) is 24.5 Å². The molecule has 0 fully saturated rings. The van der Waals surface area contributed by atoms with Crippen molar-refractivity contribution in [3.63, 3.8) is 0 Å². The second-order valence-corrected chi connectivity index (χ2v) is 6.25. The van der Waals surface area contributed by atoms with E-state index in [2.05, 4.69) is 26.1 Å². The third kappa shape index (κ3) is 8.63. The summed E-state index contributed by atoms with van der Waals surface area (Å²) in [6, 6.07) is 7.84. The van der Waals surface area contributed by atoms with E-state index in [0.29, 0.717) is 13.2 Å². The van der Waals surface area contributed by atoms with Crippen molar-refractivity contribution in [3.8, 4) is 5.75 Å². The maximum atomic E-state index is 12.2. The summed E-state index contributed by atoms with van der Waals surface area (Å²) >= 11 is 0. The Morgan fingerprint density at radius 2 is 2.00 bits per heavy atom. The molecule has 0 unspecified atom stereocenters. The smallest absolute Gasteiger partial charge is 0.251 e. The van der Waals surface area contributed by atoms with Gasteiger partial charge in [-0.05, 0) is 45.5 Å². The number of likely N-dealkylation sites (N-methyl/N-ethyl adjacent to an activating group) is 1. The molecule has 1 rings (SSSR count). The van der Waals surface area contributed by atoms with Crippen LogP contribution in [-0.4, -0.2) is 43.6 Å². The van der Waals surface area contributed by atoms with E-state index in [1.54, 1.807) is 11.9 Å². The average Bonchev–Trinajstić information content (AvgIpc) is 2.35. The molecule has 0 saturated heterocycles. The molecule has 0 aliphatic carbocycles. The fraction of sp³-hybridized carbons (Fsp3) is 0.625. The van der Waals surface area contributed by atoms with Gasteiger partial charge in [0.05, 0.1) is 6.54 Å². The van der Waals surface area contributed by atoms with Crippen molar-refractivity contribution in [3.05, 3.63) is 29.8 Å². The Morgan fingerprint density at radius 3 is 2.62 bits per heavy atom. The minimum Gasteiger partial charge on any atom is -0.492 e. The van der Waals surface area contributed by atoms with Crippen LogP contribution in [0, 0.1) is 0 Å². The highest BCUT2D eigenvalue weighted by molar-refractivity contribution is 5.28. The lowest BCUT2D eigenvalue weighted by atomic mass is 10.1. The molecule has 1 N–H and O–H groups in total. The maximum absolute atomic E-state index is 12.2. The van der Waals surface area contributed by atoms with E-state index in [1.807, 2.05) is 24.3 Å². The molecule has 21 heavy (non-hydrogen) atoms. The highest BCUT2D eigenvalue weighted by atomic mass is 19.3. The second-order valence-electron chi connectivity index (χ2n) is 6.25. The number of hydrogen-bond acceptors (Lipinski definition) is 3. The summed E-state index contributed by atoms with van der Waals surface area (Å²) in [7, 11) is 1.67. The van der Waals surface area contributed by atoms with E-state index < -0.39 is 6.43 Å². The van der Waals surface area contributed by atoms with E-state index in [-0.39, 0.29) is 12.1 Å². The number of alkyl halides is 2. The van der Waals surface area contributed by atoms with Crippen molar-refractivity contribution in [2.75, 3.05) is 26.7 Å². The Morgan fingerprint density at radius 1 is 1.29 bits per heavy atom. The molecule has 0 spiro atoms. The summed E-state index contributed by atoms with van der Waals surface area (Å²) in [5.41, 5.74) is 1.21. The minimum atomic E-state index is -2.30. The number of ether oxygens (including phenoxy) is 1. The number of benzene rings is 1. The van der Waals surface area contributed by atoms with Crippen molar-refractivity contribution in [1.82, 2.24) is 10.2 Å². The monoisotopic (exact) mass is 300 g/mol. The van der Waals surface area contributed by atoms with Crippen LogP contribution in [0.1, 0.15) is 26.3 Å². The zero-order valence-corrected chi connectivity index (χ0v) is 13.3. The number of hydrogen-bond donors (Lipinski definition) is 1. The van der Waals surface area contributed by atoms with E-state index in [0.717, 1.165) is 17.9 Å². The Labute approximate surface area is 126 Å². The van der Waals surface area contributed by atoms with Crippen molar-refractivity contribution in [2.24, 2.45) is 0 Å². The summed E-state index contributed by atoms with van der Waals surface area (Å²) in [5, 5.41) is 3.41. The molecule has 5 heteroatoms. The van der Waals surface area contributed by atoms with Crippen LogP contribution in [0.15, 0.2) is 24.3 Å². The zero-order chi connectivity index (χ0) is 15.9. The largest absolute Gasteiger partial charge is 0.492 e. The summed E-state index contributed by atoms with van der Waals surface area (Å²) < 4.78 is 30.0. The molecule has 0 aliphatic rings. The van der Waals surface area contributed by atoms with Gasteiger partial charge in [0.25, 0.3) is 6.43 Å². The van der Waals surface area contributed by atoms with Crippen LogP contribution in [0.4, 0.5) is 8.78 Å². The van der Waals surface area contributed by atoms with Crippen LogP contribution in [0.5, 0.6) is 5.75 Å². The van der Waals surface area contributed by atoms with Gasteiger partial charge in [-0.25, -0.2) is 8.78 Å². The van der Waals surface area contributed by atoms with E-state index in [9.17, 15) is 8.78 Å². The summed E-state index contributed by atoms with van der Waals surface area (Å²) in [6.07, 6.45) is -2.30. The molecule has 0 saturated carbocycles. The third-order valence-electron chi connectivity index (χ3n) is 2.91. The lowest BCUT2D eigenvalue weighted by Gasteiger charge is -2.21. The molecule has 0 radical (unpaired) electrons. The first kappa shape index (κ1) is 17.9. The van der Waals surface area contributed by atoms with E-state index in [1.165, 1.54) is 0 Å².